The Bertz CT molecular complexity index is 602. The maximum atomic E-state index is 11.1. The number of benzene rings is 1. The van der Waals surface area contributed by atoms with Gasteiger partial charge in [-0.05, 0) is 38.5 Å². The van der Waals surface area contributed by atoms with E-state index in [9.17, 15) is 4.79 Å². The number of amides is 1. The number of aromatic nitrogens is 1. The summed E-state index contributed by atoms with van der Waals surface area (Å²) in [5.41, 5.74) is 2.99. The topological polar surface area (TPSA) is 54.0 Å². The molecule has 1 heterocycles. The van der Waals surface area contributed by atoms with E-state index >= 15 is 0 Å². The zero-order valence-corrected chi connectivity index (χ0v) is 13.0. The summed E-state index contributed by atoms with van der Waals surface area (Å²) in [7, 11) is 0. The number of aryl methyl sites for hydroxylation is 2. The van der Waals surface area contributed by atoms with E-state index in [-0.39, 0.29) is 11.9 Å². The second-order valence-electron chi connectivity index (χ2n) is 4.83. The van der Waals surface area contributed by atoms with Gasteiger partial charge < -0.3 is 10.6 Å². The first-order valence-corrected chi connectivity index (χ1v) is 7.35. The molecule has 1 aromatic carbocycles. The molecule has 2 N–H and O–H groups in total. The zero-order chi connectivity index (χ0) is 14.7. The summed E-state index contributed by atoms with van der Waals surface area (Å²) < 4.78 is 0. The van der Waals surface area contributed by atoms with Gasteiger partial charge in [0.25, 0.3) is 0 Å². The molecule has 0 aliphatic carbocycles. The predicted molar refractivity (Wildman–Crippen MR) is 84.4 cm³/mol. The summed E-state index contributed by atoms with van der Waals surface area (Å²) in [5.74, 6) is -0.0612. The highest BCUT2D eigenvalue weighted by molar-refractivity contribution is 7.15. The Morgan fingerprint density at radius 2 is 2.10 bits per heavy atom. The fourth-order valence-electron chi connectivity index (χ4n) is 1.89. The van der Waals surface area contributed by atoms with Crippen LogP contribution in [0.4, 0.5) is 10.8 Å². The molecule has 20 heavy (non-hydrogen) atoms. The van der Waals surface area contributed by atoms with Gasteiger partial charge in [-0.15, -0.1) is 11.3 Å². The molecule has 0 fully saturated rings. The van der Waals surface area contributed by atoms with Crippen LogP contribution in [0, 0.1) is 13.8 Å². The van der Waals surface area contributed by atoms with Gasteiger partial charge in [0.05, 0.1) is 11.7 Å². The van der Waals surface area contributed by atoms with Crippen molar-refractivity contribution in [1.82, 2.24) is 4.98 Å². The number of nitrogens with zero attached hydrogens (tertiary/aromatic N) is 1. The minimum absolute atomic E-state index is 0.0612. The SMILES string of the molecule is CC(=O)Nc1cccc(C(C)Nc2nc(C)c(C)s2)c1. The molecule has 1 unspecified atom stereocenters. The number of thiazole rings is 1. The largest absolute Gasteiger partial charge is 0.355 e. The zero-order valence-electron chi connectivity index (χ0n) is 12.2. The molecular weight excluding hydrogens is 270 g/mol. The number of rotatable bonds is 4. The predicted octanol–water partition coefficient (Wildman–Crippen LogP) is 3.89. The summed E-state index contributed by atoms with van der Waals surface area (Å²) in [5, 5.41) is 7.12. The van der Waals surface area contributed by atoms with Crippen molar-refractivity contribution in [1.29, 1.82) is 0 Å². The molecule has 0 bridgehead atoms. The molecule has 5 heteroatoms. The van der Waals surface area contributed by atoms with Crippen molar-refractivity contribution < 1.29 is 4.79 Å². The Morgan fingerprint density at radius 1 is 1.35 bits per heavy atom. The van der Waals surface area contributed by atoms with Gasteiger partial charge in [0, 0.05) is 17.5 Å². The lowest BCUT2D eigenvalue weighted by atomic mass is 10.1. The molecule has 2 aromatic rings. The molecule has 0 spiro atoms. The Morgan fingerprint density at radius 3 is 2.70 bits per heavy atom. The standard InChI is InChI=1S/C15H19N3OS/c1-9-11(3)20-15(16-9)17-10(2)13-6-5-7-14(8-13)18-12(4)19/h5-8,10H,1-4H3,(H,16,17)(H,18,19). The van der Waals surface area contributed by atoms with E-state index in [0.29, 0.717) is 0 Å². The quantitative estimate of drug-likeness (QED) is 0.897. The number of carbonyl (C=O) groups is 1. The third-order valence-electron chi connectivity index (χ3n) is 3.08. The van der Waals surface area contributed by atoms with Gasteiger partial charge in [0.2, 0.25) is 5.91 Å². The fraction of sp³-hybridized carbons (Fsp3) is 0.333. The van der Waals surface area contributed by atoms with Crippen LogP contribution in [-0.4, -0.2) is 10.9 Å². The summed E-state index contributed by atoms with van der Waals surface area (Å²) >= 11 is 1.66. The molecular formula is C15H19N3OS. The molecule has 0 aliphatic heterocycles. The van der Waals surface area contributed by atoms with E-state index in [1.54, 1.807) is 11.3 Å². The molecule has 1 aromatic heterocycles. The Kier molecular flexibility index (Phi) is 4.39. The van der Waals surface area contributed by atoms with Crippen molar-refractivity contribution in [3.05, 3.63) is 40.4 Å². The van der Waals surface area contributed by atoms with Crippen LogP contribution in [0.15, 0.2) is 24.3 Å². The third kappa shape index (κ3) is 3.57. The summed E-state index contributed by atoms with van der Waals surface area (Å²) in [6.45, 7) is 7.67. The molecule has 4 nitrogen and oxygen atoms in total. The van der Waals surface area contributed by atoms with Crippen LogP contribution in [0.2, 0.25) is 0 Å². The van der Waals surface area contributed by atoms with Crippen molar-refractivity contribution in [3.8, 4) is 0 Å². The number of hydrogen-bond donors (Lipinski definition) is 2. The van der Waals surface area contributed by atoms with Gasteiger partial charge in [-0.25, -0.2) is 4.98 Å². The van der Waals surface area contributed by atoms with Crippen molar-refractivity contribution in [2.24, 2.45) is 0 Å². The number of nitrogens with one attached hydrogen (secondary N) is 2. The van der Waals surface area contributed by atoms with E-state index in [0.717, 1.165) is 22.1 Å². The van der Waals surface area contributed by atoms with E-state index in [1.165, 1.54) is 11.8 Å². The number of hydrogen-bond acceptors (Lipinski definition) is 4. The van der Waals surface area contributed by atoms with E-state index in [4.69, 9.17) is 0 Å². The molecule has 0 saturated heterocycles. The molecule has 0 saturated carbocycles. The second-order valence-corrected chi connectivity index (χ2v) is 6.04. The van der Waals surface area contributed by atoms with Crippen molar-refractivity contribution in [2.45, 2.75) is 33.7 Å². The van der Waals surface area contributed by atoms with E-state index in [2.05, 4.69) is 29.5 Å². The van der Waals surface area contributed by atoms with Gasteiger partial charge in [-0.1, -0.05) is 12.1 Å². The fourth-order valence-corrected chi connectivity index (χ4v) is 2.79. The Balaban J connectivity index is 2.12. The van der Waals surface area contributed by atoms with Gasteiger partial charge in [0.15, 0.2) is 5.13 Å². The molecule has 1 atom stereocenters. The first-order chi connectivity index (χ1) is 9.45. The highest BCUT2D eigenvalue weighted by atomic mass is 32.1. The third-order valence-corrected chi connectivity index (χ3v) is 4.08. The smallest absolute Gasteiger partial charge is 0.221 e. The minimum atomic E-state index is -0.0612. The van der Waals surface area contributed by atoms with E-state index < -0.39 is 0 Å². The van der Waals surface area contributed by atoms with E-state index in [1.807, 2.05) is 31.2 Å². The van der Waals surface area contributed by atoms with Crippen LogP contribution in [0.1, 0.15) is 36.0 Å². The van der Waals surface area contributed by atoms with Crippen LogP contribution >= 0.6 is 11.3 Å². The van der Waals surface area contributed by atoms with Gasteiger partial charge in [0.1, 0.15) is 0 Å². The van der Waals surface area contributed by atoms with Gasteiger partial charge in [-0.3, -0.25) is 4.79 Å². The van der Waals surface area contributed by atoms with Gasteiger partial charge >= 0.3 is 0 Å². The van der Waals surface area contributed by atoms with Crippen molar-refractivity contribution in [2.75, 3.05) is 10.6 Å². The van der Waals surface area contributed by atoms with Crippen molar-refractivity contribution >= 4 is 28.1 Å². The van der Waals surface area contributed by atoms with Crippen LogP contribution in [-0.2, 0) is 4.79 Å². The van der Waals surface area contributed by atoms with Crippen molar-refractivity contribution in [3.63, 3.8) is 0 Å². The van der Waals surface area contributed by atoms with Gasteiger partial charge in [-0.2, -0.15) is 0 Å². The minimum Gasteiger partial charge on any atom is -0.355 e. The average molecular weight is 289 g/mol. The maximum Gasteiger partial charge on any atom is 0.221 e. The highest BCUT2D eigenvalue weighted by Gasteiger charge is 2.10. The molecule has 2 rings (SSSR count). The molecule has 106 valence electrons. The van der Waals surface area contributed by atoms with Crippen LogP contribution in [0.25, 0.3) is 0 Å². The summed E-state index contributed by atoms with van der Waals surface area (Å²) in [6, 6.07) is 7.98. The molecule has 1 amide bonds. The van der Waals surface area contributed by atoms with Crippen LogP contribution in [0.5, 0.6) is 0 Å². The summed E-state index contributed by atoms with van der Waals surface area (Å²) in [6.07, 6.45) is 0. The van der Waals surface area contributed by atoms with Crippen LogP contribution < -0.4 is 10.6 Å². The summed E-state index contributed by atoms with van der Waals surface area (Å²) in [4.78, 5) is 16.8. The lowest BCUT2D eigenvalue weighted by molar-refractivity contribution is -0.114. The first kappa shape index (κ1) is 14.5. The normalized spacial score (nSPS) is 12.0. The number of anilines is 2. The Hall–Kier alpha value is -1.88. The second kappa shape index (κ2) is 6.05. The monoisotopic (exact) mass is 289 g/mol. The molecule has 0 aliphatic rings. The first-order valence-electron chi connectivity index (χ1n) is 6.54. The Labute approximate surface area is 123 Å². The lowest BCUT2D eigenvalue weighted by Gasteiger charge is -2.14. The number of carbonyl (C=O) groups excluding carboxylic acids is 1. The average Bonchev–Trinajstić information content (AvgIpc) is 2.67. The lowest BCUT2D eigenvalue weighted by Crippen LogP contribution is -2.09. The maximum absolute atomic E-state index is 11.1. The highest BCUT2D eigenvalue weighted by Crippen LogP contribution is 2.26. The molecule has 0 radical (unpaired) electrons. The van der Waals surface area contributed by atoms with Crippen LogP contribution in [0.3, 0.4) is 0 Å².